The molecule has 3 heterocycles. The number of aryl methyl sites for hydroxylation is 2. The number of furan rings is 1. The molecular weight excluding hydrogens is 254 g/mol. The minimum Gasteiger partial charge on any atom is -0.455 e. The van der Waals surface area contributed by atoms with E-state index in [0.29, 0.717) is 13.2 Å². The molecule has 0 aromatic carbocycles. The number of fused-ring (bicyclic) bond motifs is 1. The summed E-state index contributed by atoms with van der Waals surface area (Å²) in [5.41, 5.74) is 2.54. The third-order valence-corrected chi connectivity index (χ3v) is 3.44. The standard InChI is InChI=1S/C12H14ClN3O2/c1-7-8(2)18-10-9(7)14-12(13)15-11(10)16-3-5-17-6-4-16/h3-6H2,1-2H3. The van der Waals surface area contributed by atoms with Crippen molar-refractivity contribution >= 4 is 28.5 Å². The second-order valence-corrected chi connectivity index (χ2v) is 4.71. The molecule has 0 bridgehead atoms. The van der Waals surface area contributed by atoms with Gasteiger partial charge in [-0.2, -0.15) is 4.98 Å². The summed E-state index contributed by atoms with van der Waals surface area (Å²) in [7, 11) is 0. The highest BCUT2D eigenvalue weighted by atomic mass is 35.5. The number of hydrogen-bond acceptors (Lipinski definition) is 5. The highest BCUT2D eigenvalue weighted by molar-refractivity contribution is 6.28. The van der Waals surface area contributed by atoms with Gasteiger partial charge < -0.3 is 14.1 Å². The second-order valence-electron chi connectivity index (χ2n) is 4.38. The van der Waals surface area contributed by atoms with Gasteiger partial charge in [-0.3, -0.25) is 0 Å². The quantitative estimate of drug-likeness (QED) is 0.742. The van der Waals surface area contributed by atoms with Gasteiger partial charge in [0.1, 0.15) is 11.3 Å². The zero-order chi connectivity index (χ0) is 12.7. The first kappa shape index (κ1) is 11.7. The van der Waals surface area contributed by atoms with Crippen LogP contribution in [0.25, 0.3) is 11.1 Å². The molecule has 0 saturated carbocycles. The SMILES string of the molecule is Cc1oc2c(N3CCOCC3)nc(Cl)nc2c1C. The van der Waals surface area contributed by atoms with Gasteiger partial charge in [-0.25, -0.2) is 4.98 Å². The van der Waals surface area contributed by atoms with E-state index in [1.807, 2.05) is 13.8 Å². The van der Waals surface area contributed by atoms with E-state index in [4.69, 9.17) is 20.8 Å². The maximum atomic E-state index is 6.00. The number of halogens is 1. The molecule has 1 aliphatic heterocycles. The first-order valence-corrected chi connectivity index (χ1v) is 6.30. The minimum absolute atomic E-state index is 0.257. The van der Waals surface area contributed by atoms with Gasteiger partial charge in [0, 0.05) is 18.7 Å². The lowest BCUT2D eigenvalue weighted by Crippen LogP contribution is -2.36. The van der Waals surface area contributed by atoms with Crippen molar-refractivity contribution in [2.75, 3.05) is 31.2 Å². The van der Waals surface area contributed by atoms with E-state index in [2.05, 4.69) is 14.9 Å². The van der Waals surface area contributed by atoms with Gasteiger partial charge in [-0.15, -0.1) is 0 Å². The Hall–Kier alpha value is -1.33. The third-order valence-electron chi connectivity index (χ3n) is 3.27. The summed E-state index contributed by atoms with van der Waals surface area (Å²) < 4.78 is 11.1. The Bertz CT molecular complexity index is 591. The monoisotopic (exact) mass is 267 g/mol. The Morgan fingerprint density at radius 2 is 1.89 bits per heavy atom. The molecule has 6 heteroatoms. The summed E-state index contributed by atoms with van der Waals surface area (Å²) in [4.78, 5) is 10.7. The van der Waals surface area contributed by atoms with Gasteiger partial charge in [0.2, 0.25) is 5.28 Å². The summed E-state index contributed by atoms with van der Waals surface area (Å²) in [6.45, 7) is 6.88. The zero-order valence-electron chi connectivity index (χ0n) is 10.4. The Morgan fingerprint density at radius 1 is 1.17 bits per heavy atom. The number of nitrogens with zero attached hydrogens (tertiary/aromatic N) is 3. The van der Waals surface area contributed by atoms with E-state index >= 15 is 0 Å². The predicted octanol–water partition coefficient (Wildman–Crippen LogP) is 2.33. The van der Waals surface area contributed by atoms with Crippen molar-refractivity contribution in [2.45, 2.75) is 13.8 Å². The Labute approximate surface area is 110 Å². The van der Waals surface area contributed by atoms with Gasteiger partial charge >= 0.3 is 0 Å². The molecule has 1 fully saturated rings. The van der Waals surface area contributed by atoms with E-state index in [1.165, 1.54) is 0 Å². The van der Waals surface area contributed by atoms with Crippen LogP contribution in [0.4, 0.5) is 5.82 Å². The minimum atomic E-state index is 0.257. The second kappa shape index (κ2) is 4.40. The predicted molar refractivity (Wildman–Crippen MR) is 69.3 cm³/mol. The van der Waals surface area contributed by atoms with Crippen molar-refractivity contribution in [3.8, 4) is 0 Å². The van der Waals surface area contributed by atoms with E-state index in [1.54, 1.807) is 0 Å². The largest absolute Gasteiger partial charge is 0.455 e. The molecule has 5 nitrogen and oxygen atoms in total. The Morgan fingerprint density at radius 3 is 2.61 bits per heavy atom. The molecular formula is C12H14ClN3O2. The van der Waals surface area contributed by atoms with Crippen molar-refractivity contribution in [3.63, 3.8) is 0 Å². The molecule has 3 rings (SSSR count). The van der Waals surface area contributed by atoms with Crippen LogP contribution in [-0.2, 0) is 4.74 Å². The van der Waals surface area contributed by atoms with Gasteiger partial charge in [0.05, 0.1) is 13.2 Å². The number of rotatable bonds is 1. The molecule has 2 aromatic heterocycles. The zero-order valence-corrected chi connectivity index (χ0v) is 11.1. The van der Waals surface area contributed by atoms with Crippen LogP contribution in [0.5, 0.6) is 0 Å². The molecule has 1 saturated heterocycles. The van der Waals surface area contributed by atoms with Crippen LogP contribution in [0.1, 0.15) is 11.3 Å². The normalized spacial score (nSPS) is 16.5. The van der Waals surface area contributed by atoms with Crippen LogP contribution >= 0.6 is 11.6 Å². The highest BCUT2D eigenvalue weighted by Gasteiger charge is 2.21. The van der Waals surface area contributed by atoms with E-state index < -0.39 is 0 Å². The molecule has 0 spiro atoms. The molecule has 96 valence electrons. The van der Waals surface area contributed by atoms with Crippen LogP contribution in [0, 0.1) is 13.8 Å². The van der Waals surface area contributed by atoms with Crippen LogP contribution in [0.3, 0.4) is 0 Å². The maximum absolute atomic E-state index is 6.00. The smallest absolute Gasteiger partial charge is 0.225 e. The molecule has 0 N–H and O–H groups in total. The highest BCUT2D eigenvalue weighted by Crippen LogP contribution is 2.31. The molecule has 0 amide bonds. The number of anilines is 1. The van der Waals surface area contributed by atoms with Gasteiger partial charge in [-0.1, -0.05) is 0 Å². The third kappa shape index (κ3) is 1.83. The topological polar surface area (TPSA) is 51.4 Å². The summed E-state index contributed by atoms with van der Waals surface area (Å²) in [6.07, 6.45) is 0. The fourth-order valence-corrected chi connectivity index (χ4v) is 2.31. The number of hydrogen-bond donors (Lipinski definition) is 0. The van der Waals surface area contributed by atoms with Gasteiger partial charge in [0.15, 0.2) is 11.4 Å². The Balaban J connectivity index is 2.17. The van der Waals surface area contributed by atoms with Gasteiger partial charge in [-0.05, 0) is 25.4 Å². The van der Waals surface area contributed by atoms with Crippen LogP contribution in [-0.4, -0.2) is 36.3 Å². The Kier molecular flexibility index (Phi) is 2.87. The van der Waals surface area contributed by atoms with Crippen molar-refractivity contribution in [1.29, 1.82) is 0 Å². The lowest BCUT2D eigenvalue weighted by molar-refractivity contribution is 0.122. The summed E-state index contributed by atoms with van der Waals surface area (Å²) in [5, 5.41) is 0.257. The van der Waals surface area contributed by atoms with E-state index in [-0.39, 0.29) is 5.28 Å². The van der Waals surface area contributed by atoms with Crippen molar-refractivity contribution in [1.82, 2.24) is 9.97 Å². The van der Waals surface area contributed by atoms with Crippen LogP contribution in [0.2, 0.25) is 5.28 Å². The van der Waals surface area contributed by atoms with Crippen molar-refractivity contribution in [2.24, 2.45) is 0 Å². The molecule has 0 aliphatic carbocycles. The molecule has 1 aliphatic rings. The fourth-order valence-electron chi connectivity index (χ4n) is 2.15. The maximum Gasteiger partial charge on any atom is 0.225 e. The van der Waals surface area contributed by atoms with Crippen LogP contribution in [0.15, 0.2) is 4.42 Å². The average molecular weight is 268 g/mol. The van der Waals surface area contributed by atoms with Crippen molar-refractivity contribution in [3.05, 3.63) is 16.6 Å². The van der Waals surface area contributed by atoms with E-state index in [9.17, 15) is 0 Å². The van der Waals surface area contributed by atoms with E-state index in [0.717, 1.165) is 41.3 Å². The van der Waals surface area contributed by atoms with Crippen LogP contribution < -0.4 is 4.90 Å². The molecule has 0 atom stereocenters. The number of morpholine rings is 1. The average Bonchev–Trinajstić information content (AvgIpc) is 2.66. The molecule has 18 heavy (non-hydrogen) atoms. The summed E-state index contributed by atoms with van der Waals surface area (Å²) in [6, 6.07) is 0. The molecule has 0 unspecified atom stereocenters. The summed E-state index contributed by atoms with van der Waals surface area (Å²) in [5.74, 6) is 1.63. The van der Waals surface area contributed by atoms with Gasteiger partial charge in [0.25, 0.3) is 0 Å². The first-order chi connectivity index (χ1) is 8.66. The lowest BCUT2D eigenvalue weighted by Gasteiger charge is -2.27. The first-order valence-electron chi connectivity index (χ1n) is 5.93. The lowest BCUT2D eigenvalue weighted by atomic mass is 10.2. The summed E-state index contributed by atoms with van der Waals surface area (Å²) >= 11 is 6.00. The number of ether oxygens (including phenoxy) is 1. The number of aromatic nitrogens is 2. The molecule has 2 aromatic rings. The fraction of sp³-hybridized carbons (Fsp3) is 0.500. The van der Waals surface area contributed by atoms with Crippen molar-refractivity contribution < 1.29 is 9.15 Å². The molecule has 0 radical (unpaired) electrons.